The van der Waals surface area contributed by atoms with Gasteiger partial charge in [0, 0.05) is 25.7 Å². The molecule has 0 saturated heterocycles. The summed E-state index contributed by atoms with van der Waals surface area (Å²) in [6, 6.07) is 0. The number of rotatable bonds is 8. The highest BCUT2D eigenvalue weighted by Crippen LogP contribution is 2.00. The summed E-state index contributed by atoms with van der Waals surface area (Å²) in [5, 5.41) is 3.30. The Bertz CT molecular complexity index is 336. The van der Waals surface area contributed by atoms with Crippen LogP contribution in [-0.2, 0) is 22.6 Å². The molecule has 0 atom stereocenters. The Morgan fingerprint density at radius 2 is 2.41 bits per heavy atom. The molecule has 0 aliphatic carbocycles. The van der Waals surface area contributed by atoms with E-state index in [1.165, 1.54) is 12.8 Å². The molecule has 0 spiro atoms. The first-order valence-corrected chi connectivity index (χ1v) is 6.04. The minimum absolute atomic E-state index is 0.150. The van der Waals surface area contributed by atoms with E-state index in [4.69, 9.17) is 0 Å². The summed E-state index contributed by atoms with van der Waals surface area (Å²) < 4.78 is 6.72. The lowest BCUT2D eigenvalue weighted by atomic mass is 10.3. The summed E-state index contributed by atoms with van der Waals surface area (Å²) in [4.78, 5) is 15.0. The molecule has 0 unspecified atom stereocenters. The topological polar surface area (TPSA) is 56.2 Å². The van der Waals surface area contributed by atoms with Gasteiger partial charge in [0.05, 0.1) is 19.1 Å². The Morgan fingerprint density at radius 3 is 3.12 bits per heavy atom. The number of nitrogens with zero attached hydrogens (tertiary/aromatic N) is 2. The maximum absolute atomic E-state index is 10.9. The first-order chi connectivity index (χ1) is 8.27. The van der Waals surface area contributed by atoms with Crippen molar-refractivity contribution < 1.29 is 9.53 Å². The first-order valence-electron chi connectivity index (χ1n) is 6.04. The van der Waals surface area contributed by atoms with Crippen molar-refractivity contribution in [2.75, 3.05) is 13.7 Å². The van der Waals surface area contributed by atoms with Crippen molar-refractivity contribution in [2.24, 2.45) is 0 Å². The Morgan fingerprint density at radius 1 is 1.59 bits per heavy atom. The Balaban J connectivity index is 2.17. The predicted molar refractivity (Wildman–Crippen MR) is 65.5 cm³/mol. The minimum atomic E-state index is -0.150. The number of carbonyl (C=O) groups is 1. The lowest BCUT2D eigenvalue weighted by molar-refractivity contribution is -0.140. The summed E-state index contributed by atoms with van der Waals surface area (Å²) in [6.07, 6.45) is 6.11. The monoisotopic (exact) mass is 239 g/mol. The molecule has 5 nitrogen and oxygen atoms in total. The van der Waals surface area contributed by atoms with Crippen molar-refractivity contribution in [3.8, 4) is 0 Å². The Labute approximate surface area is 102 Å². The molecule has 5 heteroatoms. The van der Waals surface area contributed by atoms with E-state index in [1.54, 1.807) is 0 Å². The van der Waals surface area contributed by atoms with Gasteiger partial charge >= 0.3 is 5.97 Å². The molecule has 0 fully saturated rings. The van der Waals surface area contributed by atoms with Crippen molar-refractivity contribution in [1.82, 2.24) is 14.9 Å². The summed E-state index contributed by atoms with van der Waals surface area (Å²) in [5.41, 5.74) is 1.19. The summed E-state index contributed by atoms with van der Waals surface area (Å²) in [6.45, 7) is 4.75. The van der Waals surface area contributed by atoms with Crippen LogP contribution in [0.2, 0.25) is 0 Å². The summed E-state index contributed by atoms with van der Waals surface area (Å²) in [5.74, 6) is -0.150. The molecule has 1 heterocycles. The fourth-order valence-corrected chi connectivity index (χ4v) is 1.61. The van der Waals surface area contributed by atoms with Crippen LogP contribution in [0.15, 0.2) is 12.5 Å². The fraction of sp³-hybridized carbons (Fsp3) is 0.667. The number of hydrogen-bond acceptors (Lipinski definition) is 4. The van der Waals surface area contributed by atoms with Crippen LogP contribution in [0.5, 0.6) is 0 Å². The third-order valence-corrected chi connectivity index (χ3v) is 2.53. The third kappa shape index (κ3) is 4.99. The number of hydrogen-bond donors (Lipinski definition) is 1. The number of methoxy groups -OCH3 is 1. The zero-order chi connectivity index (χ0) is 12.5. The molecule has 0 bridgehead atoms. The lowest BCUT2D eigenvalue weighted by Crippen LogP contribution is -2.18. The Kier molecular flexibility index (Phi) is 6.32. The molecule has 0 amide bonds. The molecule has 0 saturated carbocycles. The van der Waals surface area contributed by atoms with Crippen LogP contribution in [-0.4, -0.2) is 29.2 Å². The zero-order valence-corrected chi connectivity index (χ0v) is 10.6. The van der Waals surface area contributed by atoms with Gasteiger partial charge in [0.15, 0.2) is 0 Å². The van der Waals surface area contributed by atoms with Crippen LogP contribution in [0.4, 0.5) is 0 Å². The second-order valence-corrected chi connectivity index (χ2v) is 3.93. The average Bonchev–Trinajstić information content (AvgIpc) is 2.76. The minimum Gasteiger partial charge on any atom is -0.469 e. The van der Waals surface area contributed by atoms with Crippen LogP contribution in [0.3, 0.4) is 0 Å². The van der Waals surface area contributed by atoms with E-state index in [-0.39, 0.29) is 5.97 Å². The van der Waals surface area contributed by atoms with Gasteiger partial charge in [-0.2, -0.15) is 0 Å². The molecular weight excluding hydrogens is 218 g/mol. The fourth-order valence-electron chi connectivity index (χ4n) is 1.61. The smallest absolute Gasteiger partial charge is 0.305 e. The van der Waals surface area contributed by atoms with E-state index in [9.17, 15) is 4.79 Å². The highest BCUT2D eigenvalue weighted by atomic mass is 16.5. The molecule has 0 aliphatic rings. The number of carbonyl (C=O) groups excluding carboxylic acids is 1. The number of aryl methyl sites for hydroxylation is 1. The van der Waals surface area contributed by atoms with E-state index in [1.807, 2.05) is 12.5 Å². The SMILES string of the molecule is CCCn1cncc1CNCCCC(=O)OC. The molecule has 0 aliphatic heterocycles. The third-order valence-electron chi connectivity index (χ3n) is 2.53. The highest BCUT2D eigenvalue weighted by molar-refractivity contribution is 5.69. The number of esters is 1. The van der Waals surface area contributed by atoms with Crippen molar-refractivity contribution in [3.05, 3.63) is 18.2 Å². The van der Waals surface area contributed by atoms with Gasteiger partial charge in [-0.3, -0.25) is 4.79 Å². The molecule has 1 aromatic rings. The second-order valence-electron chi connectivity index (χ2n) is 3.93. The van der Waals surface area contributed by atoms with Gasteiger partial charge in [-0.15, -0.1) is 0 Å². The van der Waals surface area contributed by atoms with E-state index in [2.05, 4.69) is 26.5 Å². The van der Waals surface area contributed by atoms with Crippen molar-refractivity contribution in [1.29, 1.82) is 0 Å². The number of aromatic nitrogens is 2. The van der Waals surface area contributed by atoms with Gasteiger partial charge < -0.3 is 14.6 Å². The van der Waals surface area contributed by atoms with Crippen molar-refractivity contribution >= 4 is 5.97 Å². The zero-order valence-electron chi connectivity index (χ0n) is 10.6. The number of ether oxygens (including phenoxy) is 1. The maximum Gasteiger partial charge on any atom is 0.305 e. The predicted octanol–water partition coefficient (Wildman–Crippen LogP) is 1.34. The largest absolute Gasteiger partial charge is 0.469 e. The average molecular weight is 239 g/mol. The second kappa shape index (κ2) is 7.84. The number of nitrogens with one attached hydrogen (secondary N) is 1. The molecule has 0 aromatic carbocycles. The van der Waals surface area contributed by atoms with Gasteiger partial charge in [0.2, 0.25) is 0 Å². The van der Waals surface area contributed by atoms with E-state index in [0.29, 0.717) is 6.42 Å². The summed E-state index contributed by atoms with van der Waals surface area (Å²) >= 11 is 0. The van der Waals surface area contributed by atoms with Gasteiger partial charge in [-0.25, -0.2) is 4.98 Å². The van der Waals surface area contributed by atoms with Crippen LogP contribution in [0.1, 0.15) is 31.9 Å². The first kappa shape index (κ1) is 13.7. The molecule has 0 radical (unpaired) electrons. The Hall–Kier alpha value is -1.36. The van der Waals surface area contributed by atoms with Crippen LogP contribution in [0.25, 0.3) is 0 Å². The normalized spacial score (nSPS) is 10.5. The molecule has 96 valence electrons. The van der Waals surface area contributed by atoms with Crippen LogP contribution < -0.4 is 5.32 Å². The van der Waals surface area contributed by atoms with Gasteiger partial charge in [0.1, 0.15) is 0 Å². The molecular formula is C12H21N3O2. The molecule has 1 N–H and O–H groups in total. The lowest BCUT2D eigenvalue weighted by Gasteiger charge is -2.07. The maximum atomic E-state index is 10.9. The standard InChI is InChI=1S/C12H21N3O2/c1-3-7-15-10-14-9-11(15)8-13-6-4-5-12(16)17-2/h9-10,13H,3-8H2,1-2H3. The quantitative estimate of drug-likeness (QED) is 0.549. The van der Waals surface area contributed by atoms with Gasteiger partial charge in [-0.1, -0.05) is 6.92 Å². The van der Waals surface area contributed by atoms with Gasteiger partial charge in [-0.05, 0) is 19.4 Å². The molecule has 1 aromatic heterocycles. The van der Waals surface area contributed by atoms with Gasteiger partial charge in [0.25, 0.3) is 0 Å². The van der Waals surface area contributed by atoms with E-state index in [0.717, 1.165) is 32.5 Å². The number of imidazole rings is 1. The summed E-state index contributed by atoms with van der Waals surface area (Å²) in [7, 11) is 1.42. The molecule has 17 heavy (non-hydrogen) atoms. The van der Waals surface area contributed by atoms with E-state index >= 15 is 0 Å². The van der Waals surface area contributed by atoms with E-state index < -0.39 is 0 Å². The van der Waals surface area contributed by atoms with Crippen molar-refractivity contribution in [3.63, 3.8) is 0 Å². The van der Waals surface area contributed by atoms with Crippen LogP contribution >= 0.6 is 0 Å². The molecule has 1 rings (SSSR count). The van der Waals surface area contributed by atoms with Crippen molar-refractivity contribution in [2.45, 2.75) is 39.3 Å². The highest BCUT2D eigenvalue weighted by Gasteiger charge is 2.02. The van der Waals surface area contributed by atoms with Crippen LogP contribution in [0, 0.1) is 0 Å².